The molecule has 0 saturated carbocycles. The van der Waals surface area contributed by atoms with Crippen LogP contribution in [0.4, 0.5) is 0 Å². The molecule has 1 amide bonds. The summed E-state index contributed by atoms with van der Waals surface area (Å²) in [4.78, 5) is 14.9. The van der Waals surface area contributed by atoms with Crippen molar-refractivity contribution in [3.63, 3.8) is 0 Å². The second-order valence-corrected chi connectivity index (χ2v) is 7.48. The third-order valence-electron chi connectivity index (χ3n) is 4.69. The van der Waals surface area contributed by atoms with Crippen LogP contribution >= 0.6 is 11.3 Å². The number of amides is 1. The Labute approximate surface area is 157 Å². The van der Waals surface area contributed by atoms with Crippen molar-refractivity contribution in [1.29, 1.82) is 0 Å². The molecule has 26 heavy (non-hydrogen) atoms. The van der Waals surface area contributed by atoms with Gasteiger partial charge >= 0.3 is 0 Å². The molecule has 0 aliphatic carbocycles. The average molecular weight is 366 g/mol. The summed E-state index contributed by atoms with van der Waals surface area (Å²) in [6, 6.07) is 18.5. The molecule has 2 aromatic carbocycles. The minimum absolute atomic E-state index is 0.0220. The van der Waals surface area contributed by atoms with Crippen LogP contribution < -0.4 is 5.32 Å². The van der Waals surface area contributed by atoms with Gasteiger partial charge in [0.25, 0.3) is 5.91 Å². The van der Waals surface area contributed by atoms with Gasteiger partial charge in [0, 0.05) is 41.6 Å². The normalized spacial score (nSPS) is 18.1. The van der Waals surface area contributed by atoms with E-state index < -0.39 is 0 Å². The van der Waals surface area contributed by atoms with Crippen LogP contribution in [0.15, 0.2) is 60.0 Å². The van der Waals surface area contributed by atoms with Gasteiger partial charge in [0.05, 0.1) is 18.3 Å². The van der Waals surface area contributed by atoms with E-state index in [4.69, 9.17) is 4.74 Å². The fourth-order valence-electron chi connectivity index (χ4n) is 3.34. The first-order chi connectivity index (χ1) is 12.8. The SMILES string of the molecule is O=C(NCC1CN(Cc2ccccc2)CCO1)c1csc2ccccc12. The van der Waals surface area contributed by atoms with Crippen LogP contribution in [-0.2, 0) is 11.3 Å². The molecule has 1 fully saturated rings. The quantitative estimate of drug-likeness (QED) is 0.751. The fraction of sp³-hybridized carbons (Fsp3) is 0.286. The highest BCUT2D eigenvalue weighted by Crippen LogP contribution is 2.25. The van der Waals surface area contributed by atoms with E-state index in [1.165, 1.54) is 5.56 Å². The van der Waals surface area contributed by atoms with Crippen molar-refractivity contribution in [1.82, 2.24) is 10.2 Å². The fourth-order valence-corrected chi connectivity index (χ4v) is 4.29. The van der Waals surface area contributed by atoms with Crippen LogP contribution in [0.25, 0.3) is 10.1 Å². The maximum absolute atomic E-state index is 12.6. The Bertz CT molecular complexity index is 878. The predicted octanol–water partition coefficient (Wildman–Crippen LogP) is 3.53. The van der Waals surface area contributed by atoms with Gasteiger partial charge in [-0.3, -0.25) is 9.69 Å². The number of carbonyl (C=O) groups is 1. The van der Waals surface area contributed by atoms with Crippen LogP contribution in [-0.4, -0.2) is 43.2 Å². The monoisotopic (exact) mass is 366 g/mol. The minimum atomic E-state index is -0.0220. The smallest absolute Gasteiger partial charge is 0.252 e. The molecule has 1 atom stereocenters. The Morgan fingerprint density at radius 1 is 1.15 bits per heavy atom. The molecule has 3 aromatic rings. The highest BCUT2D eigenvalue weighted by Gasteiger charge is 2.21. The number of thiophene rings is 1. The van der Waals surface area contributed by atoms with E-state index in [0.29, 0.717) is 13.2 Å². The Kier molecular flexibility index (Phi) is 5.29. The molecule has 1 aromatic heterocycles. The zero-order chi connectivity index (χ0) is 17.8. The van der Waals surface area contributed by atoms with Crippen molar-refractivity contribution in [2.24, 2.45) is 0 Å². The van der Waals surface area contributed by atoms with E-state index in [1.807, 2.05) is 35.7 Å². The van der Waals surface area contributed by atoms with Gasteiger partial charge in [0.1, 0.15) is 0 Å². The van der Waals surface area contributed by atoms with Crippen LogP contribution in [0.5, 0.6) is 0 Å². The molecule has 2 heterocycles. The summed E-state index contributed by atoms with van der Waals surface area (Å²) in [6.45, 7) is 3.92. The summed E-state index contributed by atoms with van der Waals surface area (Å²) in [7, 11) is 0. The average Bonchev–Trinajstić information content (AvgIpc) is 3.11. The van der Waals surface area contributed by atoms with Crippen molar-refractivity contribution in [2.45, 2.75) is 12.6 Å². The van der Waals surface area contributed by atoms with Gasteiger partial charge in [-0.2, -0.15) is 0 Å². The maximum Gasteiger partial charge on any atom is 0.252 e. The predicted molar refractivity (Wildman–Crippen MR) is 106 cm³/mol. The van der Waals surface area contributed by atoms with Crippen molar-refractivity contribution in [2.75, 3.05) is 26.2 Å². The first kappa shape index (κ1) is 17.2. The second kappa shape index (κ2) is 7.99. The number of benzene rings is 2. The Morgan fingerprint density at radius 3 is 2.85 bits per heavy atom. The topological polar surface area (TPSA) is 41.6 Å². The highest BCUT2D eigenvalue weighted by molar-refractivity contribution is 7.17. The summed E-state index contributed by atoms with van der Waals surface area (Å²) in [5.74, 6) is -0.0220. The minimum Gasteiger partial charge on any atom is -0.374 e. The highest BCUT2D eigenvalue weighted by atomic mass is 32.1. The van der Waals surface area contributed by atoms with Gasteiger partial charge in [0.15, 0.2) is 0 Å². The number of carbonyl (C=O) groups excluding carboxylic acids is 1. The molecular weight excluding hydrogens is 344 g/mol. The summed E-state index contributed by atoms with van der Waals surface area (Å²) in [5.41, 5.74) is 2.06. The number of hydrogen-bond donors (Lipinski definition) is 1. The number of hydrogen-bond acceptors (Lipinski definition) is 4. The van der Waals surface area contributed by atoms with E-state index in [2.05, 4.69) is 34.5 Å². The molecule has 4 rings (SSSR count). The van der Waals surface area contributed by atoms with Gasteiger partial charge < -0.3 is 10.1 Å². The lowest BCUT2D eigenvalue weighted by molar-refractivity contribution is -0.0292. The summed E-state index contributed by atoms with van der Waals surface area (Å²) >= 11 is 1.61. The molecule has 1 saturated heterocycles. The zero-order valence-electron chi connectivity index (χ0n) is 14.6. The third-order valence-corrected chi connectivity index (χ3v) is 5.65. The van der Waals surface area contributed by atoms with Crippen molar-refractivity contribution in [3.8, 4) is 0 Å². The Hall–Kier alpha value is -2.21. The van der Waals surface area contributed by atoms with Gasteiger partial charge in [0.2, 0.25) is 0 Å². The first-order valence-electron chi connectivity index (χ1n) is 8.92. The molecule has 134 valence electrons. The van der Waals surface area contributed by atoms with Crippen LogP contribution in [0.3, 0.4) is 0 Å². The Balaban J connectivity index is 1.33. The summed E-state index contributed by atoms with van der Waals surface area (Å²) in [6.07, 6.45) is 0.0290. The van der Waals surface area contributed by atoms with Gasteiger partial charge in [-0.25, -0.2) is 0 Å². The lowest BCUT2D eigenvalue weighted by Crippen LogP contribution is -2.47. The van der Waals surface area contributed by atoms with Crippen molar-refractivity contribution < 1.29 is 9.53 Å². The van der Waals surface area contributed by atoms with Crippen LogP contribution in [0.2, 0.25) is 0 Å². The molecule has 5 heteroatoms. The van der Waals surface area contributed by atoms with Crippen molar-refractivity contribution in [3.05, 3.63) is 71.1 Å². The van der Waals surface area contributed by atoms with Gasteiger partial charge in [-0.15, -0.1) is 11.3 Å². The second-order valence-electron chi connectivity index (χ2n) is 6.57. The molecule has 1 N–H and O–H groups in total. The van der Waals surface area contributed by atoms with E-state index in [1.54, 1.807) is 11.3 Å². The lowest BCUT2D eigenvalue weighted by Gasteiger charge is -2.33. The standard InChI is InChI=1S/C21H22N2O2S/c24-21(19-15-26-20-9-5-4-8-18(19)20)22-12-17-14-23(10-11-25-17)13-16-6-2-1-3-7-16/h1-9,15,17H,10-14H2,(H,22,24). The molecule has 1 aliphatic rings. The summed E-state index contributed by atoms with van der Waals surface area (Å²) < 4.78 is 6.99. The van der Waals surface area contributed by atoms with Gasteiger partial charge in [-0.1, -0.05) is 48.5 Å². The number of nitrogens with zero attached hydrogens (tertiary/aromatic N) is 1. The van der Waals surface area contributed by atoms with E-state index in [9.17, 15) is 4.79 Å². The largest absolute Gasteiger partial charge is 0.374 e. The summed E-state index contributed by atoms with van der Waals surface area (Å²) in [5, 5.41) is 6.00. The molecule has 0 radical (unpaired) electrons. The maximum atomic E-state index is 12.6. The van der Waals surface area contributed by atoms with Gasteiger partial charge in [-0.05, 0) is 11.6 Å². The molecule has 0 spiro atoms. The molecular formula is C21H22N2O2S. The number of fused-ring (bicyclic) bond motifs is 1. The number of rotatable bonds is 5. The molecule has 4 nitrogen and oxygen atoms in total. The number of nitrogens with one attached hydrogen (secondary N) is 1. The van der Waals surface area contributed by atoms with Crippen molar-refractivity contribution >= 4 is 27.3 Å². The van der Waals surface area contributed by atoms with E-state index in [-0.39, 0.29) is 12.0 Å². The molecule has 1 aliphatic heterocycles. The Morgan fingerprint density at radius 2 is 1.96 bits per heavy atom. The first-order valence-corrected chi connectivity index (χ1v) is 9.80. The lowest BCUT2D eigenvalue weighted by atomic mass is 10.1. The van der Waals surface area contributed by atoms with E-state index in [0.717, 1.165) is 35.3 Å². The number of ether oxygens (including phenoxy) is 1. The van der Waals surface area contributed by atoms with E-state index >= 15 is 0 Å². The third kappa shape index (κ3) is 3.96. The van der Waals surface area contributed by atoms with Crippen LogP contribution in [0.1, 0.15) is 15.9 Å². The zero-order valence-corrected chi connectivity index (χ0v) is 15.4. The molecule has 0 bridgehead atoms. The van der Waals surface area contributed by atoms with Crippen LogP contribution in [0, 0.1) is 0 Å². The number of morpholine rings is 1. The molecule has 1 unspecified atom stereocenters.